The summed E-state index contributed by atoms with van der Waals surface area (Å²) in [5.41, 5.74) is 5.15. The molecule has 0 N–H and O–H groups in total. The summed E-state index contributed by atoms with van der Waals surface area (Å²) in [6.07, 6.45) is 4.36. The molecule has 1 aliphatic rings. The second kappa shape index (κ2) is 7.66. The van der Waals surface area contributed by atoms with Crippen LogP contribution in [0.1, 0.15) is 25.0 Å². The molecule has 7 heteroatoms. The van der Waals surface area contributed by atoms with Gasteiger partial charge in [0.25, 0.3) is 0 Å². The maximum atomic E-state index is 9.75. The Labute approximate surface area is 155 Å². The summed E-state index contributed by atoms with van der Waals surface area (Å²) < 4.78 is 41.3. The highest BCUT2D eigenvalue weighted by Gasteiger charge is 2.42. The molecule has 138 valence electrons. The number of hydrogen-bond acceptors (Lipinski definition) is 0. The lowest BCUT2D eigenvalue weighted by molar-refractivity contribution is -0.401. The van der Waals surface area contributed by atoms with Crippen molar-refractivity contribution in [3.63, 3.8) is 0 Å². The van der Waals surface area contributed by atoms with Crippen LogP contribution in [0.25, 0.3) is 6.08 Å². The number of benzene rings is 2. The molecule has 0 aromatic heterocycles. The van der Waals surface area contributed by atoms with E-state index in [-0.39, 0.29) is 5.41 Å². The summed E-state index contributed by atoms with van der Waals surface area (Å²) in [5, 5.41) is 0.769. The van der Waals surface area contributed by atoms with Crippen LogP contribution in [-0.2, 0) is 5.41 Å². The molecule has 1 nitrogen and oxygen atoms in total. The third-order valence-corrected chi connectivity index (χ3v) is 4.50. The quantitative estimate of drug-likeness (QED) is 0.322. The van der Waals surface area contributed by atoms with Crippen molar-refractivity contribution in [3.8, 4) is 0 Å². The smallest absolute Gasteiger partial charge is 0.418 e. The summed E-state index contributed by atoms with van der Waals surface area (Å²) in [5.74, 6) is 0. The van der Waals surface area contributed by atoms with Gasteiger partial charge in [-0.05, 0) is 37.6 Å². The highest BCUT2D eigenvalue weighted by Crippen LogP contribution is 2.39. The Morgan fingerprint density at radius 1 is 0.923 bits per heavy atom. The Balaban J connectivity index is 0.000000431. The van der Waals surface area contributed by atoms with Crippen LogP contribution in [-0.4, -0.2) is 24.6 Å². The van der Waals surface area contributed by atoms with E-state index in [2.05, 4.69) is 61.9 Å². The van der Waals surface area contributed by atoms with Gasteiger partial charge in [0.15, 0.2) is 5.71 Å². The Kier molecular flexibility index (Phi) is 5.96. The molecular weight excluding hydrogens is 364 g/mol. The Morgan fingerprint density at radius 3 is 2.00 bits per heavy atom. The number of para-hydroxylation sites is 1. The summed E-state index contributed by atoms with van der Waals surface area (Å²) >= 11 is 5.93. The predicted molar refractivity (Wildman–Crippen MR) is 101 cm³/mol. The zero-order valence-electron chi connectivity index (χ0n) is 14.7. The zero-order valence-corrected chi connectivity index (χ0v) is 15.4. The number of allylic oxidation sites excluding steroid dienone is 1. The van der Waals surface area contributed by atoms with E-state index in [1.54, 1.807) is 0 Å². The minimum Gasteiger partial charge on any atom is -0.418 e. The van der Waals surface area contributed by atoms with Gasteiger partial charge in [0.05, 0.1) is 5.41 Å². The summed E-state index contributed by atoms with van der Waals surface area (Å²) in [7, 11) is -3.87. The third kappa shape index (κ3) is 4.98. The summed E-state index contributed by atoms with van der Waals surface area (Å²) in [6, 6.07) is 16.5. The van der Waals surface area contributed by atoms with Gasteiger partial charge in [-0.25, -0.2) is 0 Å². The first-order valence-corrected chi connectivity index (χ1v) is 8.39. The Bertz CT molecular complexity index is 833. The molecular formula is C19H19BClF4N. The number of rotatable bonds is 2. The number of nitrogens with zero attached hydrogens (tertiary/aromatic N) is 1. The van der Waals surface area contributed by atoms with Gasteiger partial charge < -0.3 is 17.3 Å². The van der Waals surface area contributed by atoms with Crippen LogP contribution in [0, 0.1) is 0 Å². The van der Waals surface area contributed by atoms with Crippen molar-refractivity contribution in [3.05, 3.63) is 70.8 Å². The lowest BCUT2D eigenvalue weighted by Gasteiger charge is -2.15. The van der Waals surface area contributed by atoms with E-state index >= 15 is 0 Å². The van der Waals surface area contributed by atoms with E-state index < -0.39 is 7.25 Å². The second-order valence-corrected chi connectivity index (χ2v) is 6.90. The molecule has 0 atom stereocenters. The molecule has 26 heavy (non-hydrogen) atoms. The normalized spacial score (nSPS) is 15.7. The van der Waals surface area contributed by atoms with Crippen molar-refractivity contribution in [2.75, 3.05) is 7.05 Å². The van der Waals surface area contributed by atoms with Gasteiger partial charge in [0.2, 0.25) is 5.69 Å². The summed E-state index contributed by atoms with van der Waals surface area (Å²) in [4.78, 5) is 0. The average molecular weight is 384 g/mol. The molecule has 1 heterocycles. The van der Waals surface area contributed by atoms with Crippen LogP contribution in [0.4, 0.5) is 23.0 Å². The van der Waals surface area contributed by atoms with E-state index in [0.717, 1.165) is 10.6 Å². The minimum atomic E-state index is -6.00. The maximum Gasteiger partial charge on any atom is 0.673 e. The average Bonchev–Trinajstić information content (AvgIpc) is 2.73. The molecule has 0 spiro atoms. The first-order valence-electron chi connectivity index (χ1n) is 8.02. The third-order valence-electron chi connectivity index (χ3n) is 4.24. The van der Waals surface area contributed by atoms with E-state index in [1.165, 1.54) is 17.0 Å². The highest BCUT2D eigenvalue weighted by molar-refractivity contribution is 6.50. The van der Waals surface area contributed by atoms with Crippen molar-refractivity contribution in [2.24, 2.45) is 0 Å². The highest BCUT2D eigenvalue weighted by atomic mass is 35.5. The van der Waals surface area contributed by atoms with E-state index in [4.69, 9.17) is 11.6 Å². The van der Waals surface area contributed by atoms with Gasteiger partial charge in [-0.3, -0.25) is 0 Å². The fourth-order valence-corrected chi connectivity index (χ4v) is 3.18. The molecule has 0 aliphatic carbocycles. The van der Waals surface area contributed by atoms with Crippen LogP contribution < -0.4 is 0 Å². The van der Waals surface area contributed by atoms with Crippen LogP contribution in [0.2, 0.25) is 5.02 Å². The summed E-state index contributed by atoms with van der Waals surface area (Å²) in [6.45, 7) is 4.55. The van der Waals surface area contributed by atoms with Gasteiger partial charge in [-0.15, -0.1) is 0 Å². The number of fused-ring (bicyclic) bond motifs is 1. The minimum absolute atomic E-state index is 0.0221. The second-order valence-electron chi connectivity index (χ2n) is 6.47. The van der Waals surface area contributed by atoms with Crippen LogP contribution in [0.15, 0.2) is 54.6 Å². The molecule has 0 amide bonds. The van der Waals surface area contributed by atoms with Gasteiger partial charge in [-0.1, -0.05) is 41.9 Å². The topological polar surface area (TPSA) is 3.01 Å². The largest absolute Gasteiger partial charge is 0.673 e. The van der Waals surface area contributed by atoms with E-state index in [9.17, 15) is 17.3 Å². The van der Waals surface area contributed by atoms with Crippen molar-refractivity contribution in [1.82, 2.24) is 0 Å². The Morgan fingerprint density at radius 2 is 1.46 bits per heavy atom. The monoisotopic (exact) mass is 383 g/mol. The molecule has 2 aromatic rings. The number of hydrogen-bond donors (Lipinski definition) is 0. The molecule has 0 saturated heterocycles. The Hall–Kier alpha value is -2.08. The van der Waals surface area contributed by atoms with Crippen LogP contribution >= 0.6 is 11.6 Å². The molecule has 1 aliphatic heterocycles. The van der Waals surface area contributed by atoms with Gasteiger partial charge >= 0.3 is 7.25 Å². The fraction of sp³-hybridized carbons (Fsp3) is 0.211. The van der Waals surface area contributed by atoms with Gasteiger partial charge in [0, 0.05) is 22.7 Å². The van der Waals surface area contributed by atoms with Crippen molar-refractivity contribution in [1.29, 1.82) is 0 Å². The van der Waals surface area contributed by atoms with Crippen LogP contribution in [0.5, 0.6) is 0 Å². The molecule has 0 saturated carbocycles. The van der Waals surface area contributed by atoms with Gasteiger partial charge in [0.1, 0.15) is 7.05 Å². The lowest BCUT2D eigenvalue weighted by Crippen LogP contribution is -2.26. The van der Waals surface area contributed by atoms with Crippen molar-refractivity contribution < 1.29 is 21.8 Å². The molecule has 2 aromatic carbocycles. The first kappa shape index (κ1) is 20.2. The zero-order chi connectivity index (χ0) is 19.5. The lowest BCUT2D eigenvalue weighted by atomic mass is 9.81. The standard InChI is InChI=1S/C19H19ClN.BF4/c1-19(2)16-6-4-5-7-17(16)21(3)18(19)13-10-14-8-11-15(20)12-9-14;2-1(3,4)5/h4-13H,1-3H3;/q+1;-1. The van der Waals surface area contributed by atoms with E-state index in [0.29, 0.717) is 0 Å². The fourth-order valence-electron chi connectivity index (χ4n) is 3.05. The maximum absolute atomic E-state index is 9.75. The molecule has 0 unspecified atom stereocenters. The van der Waals surface area contributed by atoms with Crippen LogP contribution in [0.3, 0.4) is 0 Å². The van der Waals surface area contributed by atoms with E-state index in [1.807, 2.05) is 24.3 Å². The molecule has 0 fully saturated rings. The molecule has 0 radical (unpaired) electrons. The van der Waals surface area contributed by atoms with Gasteiger partial charge in [-0.2, -0.15) is 4.58 Å². The predicted octanol–water partition coefficient (Wildman–Crippen LogP) is 6.36. The molecule has 0 bridgehead atoms. The first-order chi connectivity index (χ1) is 12.0. The van der Waals surface area contributed by atoms with Crippen molar-refractivity contribution in [2.45, 2.75) is 19.3 Å². The molecule has 3 rings (SSSR count). The SMILES string of the molecule is C[N+]1=C(C=Cc2ccc(Cl)cc2)C(C)(C)c2ccccc21.F[B-](F)(F)F. The van der Waals surface area contributed by atoms with Crippen molar-refractivity contribution >= 4 is 36.3 Å². The number of halogens is 5.